The van der Waals surface area contributed by atoms with Crippen molar-refractivity contribution in [3.05, 3.63) is 0 Å². The summed E-state index contributed by atoms with van der Waals surface area (Å²) >= 11 is 0. The average Bonchev–Trinajstić information content (AvgIpc) is 2.15. The smallest absolute Gasteiger partial charge is 0.0558 e. The summed E-state index contributed by atoms with van der Waals surface area (Å²) in [4.78, 5) is 2.28. The Morgan fingerprint density at radius 1 is 1.21 bits per heavy atom. The van der Waals surface area contributed by atoms with Crippen molar-refractivity contribution in [1.82, 2.24) is 4.90 Å². The molecule has 0 aliphatic rings. The van der Waals surface area contributed by atoms with Gasteiger partial charge in [-0.25, -0.2) is 0 Å². The summed E-state index contributed by atoms with van der Waals surface area (Å²) in [5.41, 5.74) is 5.66. The maximum atomic E-state index is 8.79. The Bertz CT molecular complexity index is 118. The Morgan fingerprint density at radius 3 is 2.43 bits per heavy atom. The van der Waals surface area contributed by atoms with E-state index < -0.39 is 0 Å². The summed E-state index contributed by atoms with van der Waals surface area (Å²) in [7, 11) is 0. The standard InChI is InChI=1S/C11H26N2O/c1-3-13(9-10-14)8-6-4-5-7-11(2)12/h11,14H,3-10,12H2,1-2H3. The number of hydrogen-bond donors (Lipinski definition) is 2. The molecule has 1 atom stereocenters. The topological polar surface area (TPSA) is 49.5 Å². The van der Waals surface area contributed by atoms with Crippen LogP contribution >= 0.6 is 0 Å². The minimum absolute atomic E-state index is 0.272. The van der Waals surface area contributed by atoms with Crippen molar-refractivity contribution in [3.63, 3.8) is 0 Å². The van der Waals surface area contributed by atoms with Gasteiger partial charge in [0.05, 0.1) is 6.61 Å². The Labute approximate surface area is 88.3 Å². The van der Waals surface area contributed by atoms with Crippen LogP contribution in [-0.4, -0.2) is 42.3 Å². The van der Waals surface area contributed by atoms with Crippen molar-refractivity contribution in [2.45, 2.75) is 45.6 Å². The van der Waals surface area contributed by atoms with Gasteiger partial charge in [0.1, 0.15) is 0 Å². The second kappa shape index (κ2) is 9.44. The molecule has 14 heavy (non-hydrogen) atoms. The second-order valence-electron chi connectivity index (χ2n) is 3.98. The molecule has 0 amide bonds. The van der Waals surface area contributed by atoms with Crippen LogP contribution in [0.3, 0.4) is 0 Å². The van der Waals surface area contributed by atoms with Crippen molar-refractivity contribution >= 4 is 0 Å². The van der Waals surface area contributed by atoms with Gasteiger partial charge in [-0.15, -0.1) is 0 Å². The van der Waals surface area contributed by atoms with E-state index >= 15 is 0 Å². The van der Waals surface area contributed by atoms with Gasteiger partial charge < -0.3 is 15.7 Å². The largest absolute Gasteiger partial charge is 0.395 e. The van der Waals surface area contributed by atoms with Crippen molar-refractivity contribution < 1.29 is 5.11 Å². The number of nitrogens with zero attached hydrogens (tertiary/aromatic N) is 1. The third-order valence-electron chi connectivity index (χ3n) is 2.50. The third kappa shape index (κ3) is 8.48. The summed E-state index contributed by atoms with van der Waals surface area (Å²) in [6.45, 7) is 7.42. The van der Waals surface area contributed by atoms with E-state index in [0.717, 1.165) is 26.1 Å². The molecule has 1 unspecified atom stereocenters. The van der Waals surface area contributed by atoms with Crippen LogP contribution < -0.4 is 5.73 Å². The highest BCUT2D eigenvalue weighted by molar-refractivity contribution is 4.57. The Balaban J connectivity index is 3.24. The molecule has 0 aromatic carbocycles. The normalized spacial score (nSPS) is 13.5. The first-order chi connectivity index (χ1) is 6.70. The van der Waals surface area contributed by atoms with E-state index in [-0.39, 0.29) is 6.61 Å². The zero-order valence-electron chi connectivity index (χ0n) is 9.71. The Morgan fingerprint density at radius 2 is 1.93 bits per heavy atom. The van der Waals surface area contributed by atoms with E-state index in [4.69, 9.17) is 10.8 Å². The van der Waals surface area contributed by atoms with Crippen LogP contribution in [0.25, 0.3) is 0 Å². The molecule has 0 aliphatic carbocycles. The number of unbranched alkanes of at least 4 members (excludes halogenated alkanes) is 2. The molecule has 0 fully saturated rings. The number of nitrogens with two attached hydrogens (primary N) is 1. The lowest BCUT2D eigenvalue weighted by Crippen LogP contribution is -2.27. The molecular formula is C11H26N2O. The van der Waals surface area contributed by atoms with Crippen molar-refractivity contribution in [2.75, 3.05) is 26.2 Å². The van der Waals surface area contributed by atoms with Gasteiger partial charge in [0.15, 0.2) is 0 Å². The van der Waals surface area contributed by atoms with Gasteiger partial charge >= 0.3 is 0 Å². The van der Waals surface area contributed by atoms with E-state index in [2.05, 4.69) is 18.7 Å². The van der Waals surface area contributed by atoms with Crippen LogP contribution in [0, 0.1) is 0 Å². The molecule has 3 N–H and O–H groups in total. The molecule has 0 aromatic heterocycles. The Kier molecular flexibility index (Phi) is 9.35. The molecule has 0 aliphatic heterocycles. The lowest BCUT2D eigenvalue weighted by Gasteiger charge is -2.18. The number of likely N-dealkylation sites (N-methyl/N-ethyl adjacent to an activating group) is 1. The van der Waals surface area contributed by atoms with Gasteiger partial charge in [-0.05, 0) is 32.9 Å². The second-order valence-corrected chi connectivity index (χ2v) is 3.98. The maximum Gasteiger partial charge on any atom is 0.0558 e. The van der Waals surface area contributed by atoms with Gasteiger partial charge in [-0.2, -0.15) is 0 Å². The van der Waals surface area contributed by atoms with Crippen molar-refractivity contribution in [3.8, 4) is 0 Å². The molecule has 0 rings (SSSR count). The highest BCUT2D eigenvalue weighted by Crippen LogP contribution is 2.03. The first kappa shape index (κ1) is 13.9. The van der Waals surface area contributed by atoms with E-state index in [1.54, 1.807) is 0 Å². The summed E-state index contributed by atoms with van der Waals surface area (Å²) in [6, 6.07) is 0.342. The zero-order valence-corrected chi connectivity index (χ0v) is 9.71. The van der Waals surface area contributed by atoms with Crippen LogP contribution in [0.5, 0.6) is 0 Å². The predicted molar refractivity (Wildman–Crippen MR) is 61.3 cm³/mol. The monoisotopic (exact) mass is 202 g/mol. The molecule has 3 nitrogen and oxygen atoms in total. The van der Waals surface area contributed by atoms with Gasteiger partial charge in [0.2, 0.25) is 0 Å². The molecule has 0 heterocycles. The molecular weight excluding hydrogens is 176 g/mol. The highest BCUT2D eigenvalue weighted by Gasteiger charge is 2.00. The van der Waals surface area contributed by atoms with Crippen LogP contribution in [0.2, 0.25) is 0 Å². The number of aliphatic hydroxyl groups is 1. The van der Waals surface area contributed by atoms with Crippen molar-refractivity contribution in [1.29, 1.82) is 0 Å². The first-order valence-electron chi connectivity index (χ1n) is 5.79. The summed E-state index contributed by atoms with van der Waals surface area (Å²) in [5.74, 6) is 0. The summed E-state index contributed by atoms with van der Waals surface area (Å²) in [6.07, 6.45) is 4.84. The van der Waals surface area contributed by atoms with Crippen LogP contribution in [-0.2, 0) is 0 Å². The molecule has 0 spiro atoms. The van der Waals surface area contributed by atoms with Gasteiger partial charge in [-0.3, -0.25) is 0 Å². The lowest BCUT2D eigenvalue weighted by atomic mass is 10.1. The fourth-order valence-electron chi connectivity index (χ4n) is 1.55. The number of rotatable bonds is 9. The minimum Gasteiger partial charge on any atom is -0.395 e. The third-order valence-corrected chi connectivity index (χ3v) is 2.50. The molecule has 0 saturated carbocycles. The van der Waals surface area contributed by atoms with E-state index in [1.165, 1.54) is 19.3 Å². The van der Waals surface area contributed by atoms with E-state index in [1.807, 2.05) is 0 Å². The number of hydrogen-bond acceptors (Lipinski definition) is 3. The van der Waals surface area contributed by atoms with E-state index in [0.29, 0.717) is 6.04 Å². The zero-order chi connectivity index (χ0) is 10.8. The molecule has 0 radical (unpaired) electrons. The number of aliphatic hydroxyl groups excluding tert-OH is 1. The molecule has 0 aromatic rings. The lowest BCUT2D eigenvalue weighted by molar-refractivity contribution is 0.199. The predicted octanol–water partition coefficient (Wildman–Crippen LogP) is 1.21. The first-order valence-corrected chi connectivity index (χ1v) is 5.79. The Hall–Kier alpha value is -0.120. The van der Waals surface area contributed by atoms with Crippen molar-refractivity contribution in [2.24, 2.45) is 5.73 Å². The van der Waals surface area contributed by atoms with Crippen LogP contribution in [0.15, 0.2) is 0 Å². The fraction of sp³-hybridized carbons (Fsp3) is 1.00. The fourth-order valence-corrected chi connectivity index (χ4v) is 1.55. The quantitative estimate of drug-likeness (QED) is 0.553. The minimum atomic E-state index is 0.272. The van der Waals surface area contributed by atoms with Gasteiger partial charge in [0, 0.05) is 12.6 Å². The summed E-state index contributed by atoms with van der Waals surface area (Å²) in [5, 5.41) is 8.79. The van der Waals surface area contributed by atoms with Gasteiger partial charge in [0.25, 0.3) is 0 Å². The van der Waals surface area contributed by atoms with Crippen LogP contribution in [0.4, 0.5) is 0 Å². The molecule has 0 bridgehead atoms. The molecule has 0 saturated heterocycles. The van der Waals surface area contributed by atoms with E-state index in [9.17, 15) is 0 Å². The van der Waals surface area contributed by atoms with Crippen LogP contribution in [0.1, 0.15) is 39.5 Å². The average molecular weight is 202 g/mol. The SMILES string of the molecule is CCN(CCO)CCCCCC(C)N. The highest BCUT2D eigenvalue weighted by atomic mass is 16.3. The molecule has 3 heteroatoms. The molecule has 86 valence electrons. The maximum absolute atomic E-state index is 8.79. The van der Waals surface area contributed by atoms with Gasteiger partial charge in [-0.1, -0.05) is 19.8 Å². The summed E-state index contributed by atoms with van der Waals surface area (Å²) < 4.78 is 0.